The quantitative estimate of drug-likeness (QED) is 0.488. The Balaban J connectivity index is 2.00. The van der Waals surface area contributed by atoms with Gasteiger partial charge in [0.2, 0.25) is 0 Å². The molecular formula is C12H11IN4O2. The third kappa shape index (κ3) is 3.53. The number of phenols is 1. The predicted octanol–water partition coefficient (Wildman–Crippen LogP) is 1.49. The lowest BCUT2D eigenvalue weighted by atomic mass is 10.2. The molecule has 0 aliphatic rings. The summed E-state index contributed by atoms with van der Waals surface area (Å²) in [6, 6.07) is 6.47. The van der Waals surface area contributed by atoms with Gasteiger partial charge in [-0.15, -0.1) is 0 Å². The van der Waals surface area contributed by atoms with Gasteiger partial charge in [0.1, 0.15) is 5.75 Å². The molecule has 1 amide bonds. The van der Waals surface area contributed by atoms with Gasteiger partial charge in [-0.1, -0.05) is 0 Å². The summed E-state index contributed by atoms with van der Waals surface area (Å²) >= 11 is 2.04. The molecule has 0 atom stereocenters. The molecule has 2 rings (SSSR count). The van der Waals surface area contributed by atoms with E-state index >= 15 is 0 Å². The van der Waals surface area contributed by atoms with Crippen molar-refractivity contribution >= 4 is 34.7 Å². The Morgan fingerprint density at radius 1 is 1.47 bits per heavy atom. The summed E-state index contributed by atoms with van der Waals surface area (Å²) < 4.78 is 2.33. The van der Waals surface area contributed by atoms with Gasteiger partial charge in [-0.05, 0) is 52.4 Å². The van der Waals surface area contributed by atoms with E-state index in [1.807, 2.05) is 22.6 Å². The number of hydrazone groups is 1. The first-order chi connectivity index (χ1) is 9.06. The number of hydrogen-bond acceptors (Lipinski definition) is 4. The summed E-state index contributed by atoms with van der Waals surface area (Å²) in [5.74, 6) is -0.177. The van der Waals surface area contributed by atoms with Crippen molar-refractivity contribution in [3.05, 3.63) is 45.3 Å². The van der Waals surface area contributed by atoms with Crippen LogP contribution < -0.4 is 5.43 Å². The second-order valence-electron chi connectivity index (χ2n) is 3.79. The summed E-state index contributed by atoms with van der Waals surface area (Å²) in [6.07, 6.45) is 3.24. The number of hydrogen-bond donors (Lipinski definition) is 2. The molecule has 0 radical (unpaired) electrons. The van der Waals surface area contributed by atoms with Crippen molar-refractivity contribution in [3.63, 3.8) is 0 Å². The van der Waals surface area contributed by atoms with E-state index in [-0.39, 0.29) is 11.7 Å². The second-order valence-corrected chi connectivity index (χ2v) is 4.95. The maximum Gasteiger partial charge on any atom is 0.292 e. The molecule has 7 heteroatoms. The highest BCUT2D eigenvalue weighted by Gasteiger charge is 2.13. The average Bonchev–Trinajstić information content (AvgIpc) is 2.71. The van der Waals surface area contributed by atoms with E-state index in [4.69, 9.17) is 5.11 Å². The Hall–Kier alpha value is -1.90. The fraction of sp³-hybridized carbons (Fsp3) is 0.0833. The molecular weight excluding hydrogens is 359 g/mol. The van der Waals surface area contributed by atoms with Crippen molar-refractivity contribution in [1.29, 1.82) is 0 Å². The number of halogens is 1. The van der Waals surface area contributed by atoms with E-state index in [0.29, 0.717) is 5.69 Å². The van der Waals surface area contributed by atoms with E-state index in [1.54, 1.807) is 42.2 Å². The Bertz CT molecular complexity index is 619. The van der Waals surface area contributed by atoms with E-state index in [1.165, 1.54) is 6.21 Å². The third-order valence-corrected chi connectivity index (χ3v) is 3.06. The van der Waals surface area contributed by atoms with Gasteiger partial charge in [-0.3, -0.25) is 9.48 Å². The van der Waals surface area contributed by atoms with Crippen LogP contribution in [-0.4, -0.2) is 27.0 Å². The van der Waals surface area contributed by atoms with E-state index in [2.05, 4.69) is 15.6 Å². The van der Waals surface area contributed by atoms with Crippen molar-refractivity contribution in [2.75, 3.05) is 0 Å². The normalized spacial score (nSPS) is 10.8. The molecule has 1 aromatic heterocycles. The van der Waals surface area contributed by atoms with Crippen LogP contribution in [-0.2, 0) is 7.05 Å². The molecule has 0 aliphatic carbocycles. The van der Waals surface area contributed by atoms with Crippen LogP contribution in [0, 0.1) is 3.57 Å². The van der Waals surface area contributed by atoms with Crippen LogP contribution in [0.4, 0.5) is 0 Å². The number of carbonyl (C=O) groups excluding carboxylic acids is 1. The number of carbonyl (C=O) groups is 1. The Labute approximate surface area is 123 Å². The molecule has 0 fully saturated rings. The van der Waals surface area contributed by atoms with Gasteiger partial charge >= 0.3 is 0 Å². The molecule has 0 bridgehead atoms. The minimum absolute atomic E-state index is 0.184. The average molecular weight is 370 g/mol. The van der Waals surface area contributed by atoms with Crippen molar-refractivity contribution < 1.29 is 9.90 Å². The van der Waals surface area contributed by atoms with Gasteiger partial charge < -0.3 is 5.11 Å². The molecule has 6 nitrogen and oxygen atoms in total. The SMILES string of the molecule is Cn1cc(I)c(C(=O)NN=Cc2ccc(O)cc2)n1. The summed E-state index contributed by atoms with van der Waals surface area (Å²) in [7, 11) is 1.75. The standard InChI is InChI=1S/C12H11IN4O2/c1-17-7-10(13)11(16-17)12(19)15-14-6-8-2-4-9(18)5-3-8/h2-7,18H,1H3,(H,15,19). The number of rotatable bonds is 3. The zero-order valence-corrected chi connectivity index (χ0v) is 12.2. The topological polar surface area (TPSA) is 79.5 Å². The first kappa shape index (κ1) is 13.5. The van der Waals surface area contributed by atoms with Crippen LogP contribution in [0.25, 0.3) is 0 Å². The van der Waals surface area contributed by atoms with Crippen molar-refractivity contribution in [2.45, 2.75) is 0 Å². The maximum atomic E-state index is 11.8. The van der Waals surface area contributed by atoms with Gasteiger partial charge in [0.05, 0.1) is 9.78 Å². The lowest BCUT2D eigenvalue weighted by Crippen LogP contribution is -2.19. The van der Waals surface area contributed by atoms with Crippen molar-refractivity contribution in [1.82, 2.24) is 15.2 Å². The van der Waals surface area contributed by atoms with Crippen molar-refractivity contribution in [2.24, 2.45) is 12.1 Å². The highest BCUT2D eigenvalue weighted by molar-refractivity contribution is 14.1. The predicted molar refractivity (Wildman–Crippen MR) is 79.1 cm³/mol. The molecule has 19 heavy (non-hydrogen) atoms. The third-order valence-electron chi connectivity index (χ3n) is 2.27. The number of benzene rings is 1. The lowest BCUT2D eigenvalue weighted by molar-refractivity contribution is 0.0948. The summed E-state index contributed by atoms with van der Waals surface area (Å²) in [4.78, 5) is 11.8. The van der Waals surface area contributed by atoms with Crippen LogP contribution in [0.15, 0.2) is 35.6 Å². The molecule has 0 spiro atoms. The fourth-order valence-corrected chi connectivity index (χ4v) is 2.15. The smallest absolute Gasteiger partial charge is 0.292 e. The monoisotopic (exact) mass is 370 g/mol. The summed E-state index contributed by atoms with van der Waals surface area (Å²) in [5.41, 5.74) is 3.51. The number of aromatic hydroxyl groups is 1. The zero-order chi connectivity index (χ0) is 13.8. The number of aryl methyl sites for hydroxylation is 1. The zero-order valence-electron chi connectivity index (χ0n) is 10.0. The molecule has 1 heterocycles. The second kappa shape index (κ2) is 5.83. The highest BCUT2D eigenvalue weighted by atomic mass is 127. The number of phenolic OH excluding ortho intramolecular Hbond substituents is 1. The Kier molecular flexibility index (Phi) is 4.15. The Morgan fingerprint density at radius 3 is 2.74 bits per heavy atom. The van der Waals surface area contributed by atoms with Crippen LogP contribution in [0.3, 0.4) is 0 Å². The number of nitrogens with zero attached hydrogens (tertiary/aromatic N) is 3. The van der Waals surface area contributed by atoms with E-state index in [0.717, 1.165) is 9.13 Å². The fourth-order valence-electron chi connectivity index (χ4n) is 1.39. The minimum atomic E-state index is -0.361. The van der Waals surface area contributed by atoms with Crippen molar-refractivity contribution in [3.8, 4) is 5.75 Å². The van der Waals surface area contributed by atoms with Crippen LogP contribution in [0.1, 0.15) is 16.1 Å². The van der Waals surface area contributed by atoms with Gasteiger partial charge in [0.25, 0.3) is 5.91 Å². The van der Waals surface area contributed by atoms with Gasteiger partial charge in [0.15, 0.2) is 5.69 Å². The lowest BCUT2D eigenvalue weighted by Gasteiger charge is -1.97. The summed E-state index contributed by atoms with van der Waals surface area (Å²) in [5, 5.41) is 17.0. The van der Waals surface area contributed by atoms with Crippen LogP contribution in [0.5, 0.6) is 5.75 Å². The van der Waals surface area contributed by atoms with E-state index < -0.39 is 0 Å². The molecule has 0 saturated heterocycles. The first-order valence-electron chi connectivity index (χ1n) is 5.38. The Morgan fingerprint density at radius 2 is 2.16 bits per heavy atom. The van der Waals surface area contributed by atoms with Crippen LogP contribution >= 0.6 is 22.6 Å². The van der Waals surface area contributed by atoms with E-state index in [9.17, 15) is 4.79 Å². The molecule has 0 unspecified atom stereocenters. The largest absolute Gasteiger partial charge is 0.508 e. The molecule has 0 saturated carbocycles. The number of amides is 1. The molecule has 98 valence electrons. The van der Waals surface area contributed by atoms with Crippen LogP contribution in [0.2, 0.25) is 0 Å². The highest BCUT2D eigenvalue weighted by Crippen LogP contribution is 2.09. The minimum Gasteiger partial charge on any atom is -0.508 e. The van der Waals surface area contributed by atoms with Gasteiger partial charge in [-0.25, -0.2) is 5.43 Å². The molecule has 2 aromatic rings. The van der Waals surface area contributed by atoms with Gasteiger partial charge in [-0.2, -0.15) is 10.2 Å². The summed E-state index contributed by atoms with van der Waals surface area (Å²) in [6.45, 7) is 0. The molecule has 2 N–H and O–H groups in total. The molecule has 1 aromatic carbocycles. The number of nitrogens with one attached hydrogen (secondary N) is 1. The van der Waals surface area contributed by atoms with Gasteiger partial charge in [0, 0.05) is 13.2 Å². The first-order valence-corrected chi connectivity index (χ1v) is 6.46. The number of aromatic nitrogens is 2. The maximum absolute atomic E-state index is 11.8. The molecule has 0 aliphatic heterocycles.